The van der Waals surface area contributed by atoms with Crippen molar-refractivity contribution >= 4 is 23.5 Å². The summed E-state index contributed by atoms with van der Waals surface area (Å²) in [5.41, 5.74) is 0.755. The van der Waals surface area contributed by atoms with E-state index in [1.165, 1.54) is 4.80 Å². The van der Waals surface area contributed by atoms with Crippen LogP contribution in [0.15, 0.2) is 24.3 Å². The van der Waals surface area contributed by atoms with Crippen LogP contribution in [0.1, 0.15) is 25.8 Å². The van der Waals surface area contributed by atoms with Crippen molar-refractivity contribution < 1.29 is 14.7 Å². The van der Waals surface area contributed by atoms with E-state index in [0.29, 0.717) is 30.2 Å². The van der Waals surface area contributed by atoms with Gasteiger partial charge in [-0.15, -0.1) is 10.2 Å². The molecule has 1 N–H and O–H groups in total. The molecule has 1 fully saturated rings. The fourth-order valence-electron chi connectivity index (χ4n) is 2.88. The summed E-state index contributed by atoms with van der Waals surface area (Å²) in [4.78, 5) is 26.7. The Morgan fingerprint density at radius 3 is 2.68 bits per heavy atom. The number of carboxylic acid groups (broad SMARTS) is 1. The van der Waals surface area contributed by atoms with Gasteiger partial charge in [-0.3, -0.25) is 9.59 Å². The number of hydrogen-bond acceptors (Lipinski definition) is 5. The second-order valence-corrected chi connectivity index (χ2v) is 6.41. The molecule has 0 aliphatic carbocycles. The van der Waals surface area contributed by atoms with Crippen molar-refractivity contribution in [3.05, 3.63) is 29.3 Å². The molecular formula is C16H18ClN5O3. The van der Waals surface area contributed by atoms with Crippen LogP contribution >= 0.6 is 11.6 Å². The van der Waals surface area contributed by atoms with Crippen LogP contribution in [-0.2, 0) is 9.59 Å². The van der Waals surface area contributed by atoms with Crippen molar-refractivity contribution in [1.29, 1.82) is 0 Å². The topological polar surface area (TPSA) is 101 Å². The number of carboxylic acids is 1. The van der Waals surface area contributed by atoms with Crippen LogP contribution < -0.4 is 0 Å². The summed E-state index contributed by atoms with van der Waals surface area (Å²) >= 11 is 5.87. The van der Waals surface area contributed by atoms with Crippen LogP contribution in [0.5, 0.6) is 0 Å². The minimum Gasteiger partial charge on any atom is -0.481 e. The van der Waals surface area contributed by atoms with Gasteiger partial charge in [0.2, 0.25) is 11.7 Å². The van der Waals surface area contributed by atoms with Crippen molar-refractivity contribution in [3.63, 3.8) is 0 Å². The first-order valence-corrected chi connectivity index (χ1v) is 8.44. The molecule has 2 aromatic rings. The summed E-state index contributed by atoms with van der Waals surface area (Å²) in [5.74, 6) is -1.14. The lowest BCUT2D eigenvalue weighted by Gasteiger charge is -2.21. The number of hydrogen-bond donors (Lipinski definition) is 1. The molecule has 0 radical (unpaired) electrons. The van der Waals surface area contributed by atoms with Gasteiger partial charge in [0.25, 0.3) is 0 Å². The maximum atomic E-state index is 12.7. The molecular weight excluding hydrogens is 346 g/mol. The van der Waals surface area contributed by atoms with Gasteiger partial charge < -0.3 is 10.0 Å². The van der Waals surface area contributed by atoms with E-state index in [9.17, 15) is 9.59 Å². The fraction of sp³-hybridized carbons (Fsp3) is 0.438. The Morgan fingerprint density at radius 1 is 1.36 bits per heavy atom. The number of likely N-dealkylation sites (tertiary alicyclic amines) is 1. The Hall–Kier alpha value is -2.48. The van der Waals surface area contributed by atoms with E-state index in [1.54, 1.807) is 29.2 Å². The van der Waals surface area contributed by atoms with Gasteiger partial charge in [-0.05, 0) is 42.3 Å². The second kappa shape index (κ2) is 7.18. The molecule has 1 saturated heterocycles. The van der Waals surface area contributed by atoms with E-state index < -0.39 is 17.9 Å². The number of rotatable bonds is 5. The number of aromatic nitrogens is 4. The minimum atomic E-state index is -0.868. The molecule has 0 bridgehead atoms. The number of benzene rings is 1. The molecule has 0 unspecified atom stereocenters. The van der Waals surface area contributed by atoms with E-state index in [0.717, 1.165) is 5.56 Å². The van der Waals surface area contributed by atoms with Crippen LogP contribution in [-0.4, -0.2) is 55.2 Å². The van der Waals surface area contributed by atoms with Crippen molar-refractivity contribution in [2.75, 3.05) is 13.1 Å². The van der Waals surface area contributed by atoms with Gasteiger partial charge >= 0.3 is 5.97 Å². The molecule has 8 nitrogen and oxygen atoms in total. The lowest BCUT2D eigenvalue weighted by Crippen LogP contribution is -2.37. The summed E-state index contributed by atoms with van der Waals surface area (Å²) in [7, 11) is 0. The molecule has 0 spiro atoms. The number of carbonyl (C=O) groups is 2. The average Bonchev–Trinajstić information content (AvgIpc) is 3.26. The predicted molar refractivity (Wildman–Crippen MR) is 89.9 cm³/mol. The van der Waals surface area contributed by atoms with Crippen LogP contribution in [0.25, 0.3) is 11.4 Å². The number of carbonyl (C=O) groups excluding carboxylic acids is 1. The molecule has 1 amide bonds. The Bertz CT molecular complexity index is 776. The average molecular weight is 364 g/mol. The summed E-state index contributed by atoms with van der Waals surface area (Å²) in [6.45, 7) is 2.52. The van der Waals surface area contributed by atoms with E-state index in [4.69, 9.17) is 16.7 Å². The zero-order valence-electron chi connectivity index (χ0n) is 13.7. The third-order valence-corrected chi connectivity index (χ3v) is 4.58. The molecule has 2 atom stereocenters. The highest BCUT2D eigenvalue weighted by Gasteiger charge is 2.35. The maximum absolute atomic E-state index is 12.7. The van der Waals surface area contributed by atoms with Gasteiger partial charge in [-0.1, -0.05) is 18.5 Å². The third kappa shape index (κ3) is 3.63. The molecule has 25 heavy (non-hydrogen) atoms. The van der Waals surface area contributed by atoms with Gasteiger partial charge in [-0.25, -0.2) is 0 Å². The van der Waals surface area contributed by atoms with Gasteiger partial charge in [-0.2, -0.15) is 4.80 Å². The van der Waals surface area contributed by atoms with E-state index in [1.807, 2.05) is 6.92 Å². The Morgan fingerprint density at radius 2 is 2.08 bits per heavy atom. The summed E-state index contributed by atoms with van der Waals surface area (Å²) in [5, 5.41) is 22.0. The normalized spacial score (nSPS) is 18.3. The quantitative estimate of drug-likeness (QED) is 0.870. The van der Waals surface area contributed by atoms with Gasteiger partial charge in [0, 0.05) is 23.7 Å². The van der Waals surface area contributed by atoms with Gasteiger partial charge in [0.15, 0.2) is 6.04 Å². The molecule has 0 saturated carbocycles. The van der Waals surface area contributed by atoms with Crippen molar-refractivity contribution in [1.82, 2.24) is 25.1 Å². The zero-order chi connectivity index (χ0) is 18.0. The van der Waals surface area contributed by atoms with E-state index in [2.05, 4.69) is 15.4 Å². The Balaban J connectivity index is 1.76. The third-order valence-electron chi connectivity index (χ3n) is 4.33. The zero-order valence-corrected chi connectivity index (χ0v) is 14.4. The largest absolute Gasteiger partial charge is 0.481 e. The highest BCUT2D eigenvalue weighted by atomic mass is 35.5. The van der Waals surface area contributed by atoms with Gasteiger partial charge in [0.05, 0.1) is 5.92 Å². The van der Waals surface area contributed by atoms with E-state index in [-0.39, 0.29) is 12.5 Å². The lowest BCUT2D eigenvalue weighted by atomic mass is 10.1. The minimum absolute atomic E-state index is 0.175. The molecule has 1 aromatic carbocycles. The van der Waals surface area contributed by atoms with Crippen LogP contribution in [0, 0.1) is 5.92 Å². The monoisotopic (exact) mass is 363 g/mol. The number of nitrogens with zero attached hydrogens (tertiary/aromatic N) is 5. The van der Waals surface area contributed by atoms with Gasteiger partial charge in [0.1, 0.15) is 0 Å². The van der Waals surface area contributed by atoms with Crippen molar-refractivity contribution in [2.24, 2.45) is 5.92 Å². The molecule has 1 aromatic heterocycles. The predicted octanol–water partition coefficient (Wildman–Crippen LogP) is 1.88. The summed E-state index contributed by atoms with van der Waals surface area (Å²) in [6, 6.07) is 6.43. The van der Waals surface area contributed by atoms with E-state index >= 15 is 0 Å². The first-order chi connectivity index (χ1) is 12.0. The highest BCUT2D eigenvalue weighted by Crippen LogP contribution is 2.23. The number of halogens is 1. The molecule has 9 heteroatoms. The first kappa shape index (κ1) is 17.3. The molecule has 2 heterocycles. The molecule has 132 valence electrons. The highest BCUT2D eigenvalue weighted by molar-refractivity contribution is 6.30. The fourth-order valence-corrected chi connectivity index (χ4v) is 3.01. The SMILES string of the molecule is CC[C@H](C(=O)N1CC[C@H](C(=O)O)C1)n1nnc(-c2ccc(Cl)cc2)n1. The first-order valence-electron chi connectivity index (χ1n) is 8.06. The summed E-state index contributed by atoms with van der Waals surface area (Å²) < 4.78 is 0. The Kier molecular flexibility index (Phi) is 4.98. The second-order valence-electron chi connectivity index (χ2n) is 5.97. The lowest BCUT2D eigenvalue weighted by molar-refractivity contribution is -0.141. The number of aliphatic carboxylic acids is 1. The number of amides is 1. The van der Waals surface area contributed by atoms with Crippen molar-refractivity contribution in [3.8, 4) is 11.4 Å². The smallest absolute Gasteiger partial charge is 0.308 e. The number of tetrazole rings is 1. The molecule has 1 aliphatic rings. The van der Waals surface area contributed by atoms with Crippen LogP contribution in [0.3, 0.4) is 0 Å². The molecule has 3 rings (SSSR count). The Labute approximate surface area is 149 Å². The molecule has 1 aliphatic heterocycles. The van der Waals surface area contributed by atoms with Crippen LogP contribution in [0.2, 0.25) is 5.02 Å². The van der Waals surface area contributed by atoms with Crippen LogP contribution in [0.4, 0.5) is 0 Å². The standard InChI is InChI=1S/C16H18ClN5O3/c1-2-13(15(23)21-8-7-11(9-21)16(24)25)22-19-14(18-20-22)10-3-5-12(17)6-4-10/h3-6,11,13H,2,7-9H2,1H3,(H,24,25)/t11-,13+/m0/s1. The summed E-state index contributed by atoms with van der Waals surface area (Å²) in [6.07, 6.45) is 0.960. The maximum Gasteiger partial charge on any atom is 0.308 e. The van der Waals surface area contributed by atoms with Crippen molar-refractivity contribution in [2.45, 2.75) is 25.8 Å².